The quantitative estimate of drug-likeness (QED) is 0.837. The van der Waals surface area contributed by atoms with E-state index in [0.29, 0.717) is 6.04 Å². The van der Waals surface area contributed by atoms with E-state index in [0.717, 1.165) is 27.6 Å². The molecule has 1 aromatic carbocycles. The summed E-state index contributed by atoms with van der Waals surface area (Å²) in [5, 5.41) is 3.50. The summed E-state index contributed by atoms with van der Waals surface area (Å²) in [6, 6.07) is 6.58. The molecule has 96 valence electrons. The van der Waals surface area contributed by atoms with Crippen molar-refractivity contribution < 1.29 is 0 Å². The number of imidazole rings is 1. The van der Waals surface area contributed by atoms with Gasteiger partial charge >= 0.3 is 0 Å². The number of hydrogen-bond donors (Lipinski definition) is 2. The Labute approximate surface area is 124 Å². The van der Waals surface area contributed by atoms with Crippen LogP contribution in [-0.4, -0.2) is 16.5 Å². The minimum Gasteiger partial charge on any atom is -0.348 e. The maximum absolute atomic E-state index is 4.01. The maximum atomic E-state index is 4.01. The molecule has 0 saturated carbocycles. The van der Waals surface area contributed by atoms with Crippen molar-refractivity contribution in [1.82, 2.24) is 15.3 Å². The fourth-order valence-electron chi connectivity index (χ4n) is 1.81. The molecule has 0 spiro atoms. The highest BCUT2D eigenvalue weighted by Gasteiger charge is 2.08. The number of aromatic nitrogens is 2. The molecule has 0 aliphatic rings. The van der Waals surface area contributed by atoms with Gasteiger partial charge in [-0.15, -0.1) is 0 Å². The van der Waals surface area contributed by atoms with Crippen molar-refractivity contribution in [3.05, 3.63) is 50.9 Å². The molecule has 0 aliphatic carbocycles. The van der Waals surface area contributed by atoms with Crippen LogP contribution in [0.25, 0.3) is 0 Å². The van der Waals surface area contributed by atoms with Crippen molar-refractivity contribution in [2.75, 3.05) is 6.54 Å². The van der Waals surface area contributed by atoms with Crippen LogP contribution >= 0.6 is 31.9 Å². The molecule has 1 unspecified atom stereocenters. The normalized spacial score (nSPS) is 12.6. The molecule has 2 N–H and O–H groups in total. The van der Waals surface area contributed by atoms with Gasteiger partial charge in [-0.2, -0.15) is 0 Å². The maximum Gasteiger partial charge on any atom is 0.0921 e. The van der Waals surface area contributed by atoms with E-state index in [4.69, 9.17) is 0 Å². The van der Waals surface area contributed by atoms with E-state index < -0.39 is 0 Å². The number of aromatic amines is 1. The Morgan fingerprint density at radius 1 is 1.39 bits per heavy atom. The van der Waals surface area contributed by atoms with Crippen LogP contribution in [0.2, 0.25) is 0 Å². The van der Waals surface area contributed by atoms with Gasteiger partial charge in [-0.05, 0) is 24.6 Å². The summed E-state index contributed by atoms with van der Waals surface area (Å²) in [5.41, 5.74) is 2.42. The molecule has 5 heteroatoms. The average molecular weight is 373 g/mol. The summed E-state index contributed by atoms with van der Waals surface area (Å²) in [4.78, 5) is 7.11. The molecular weight excluding hydrogens is 358 g/mol. The summed E-state index contributed by atoms with van der Waals surface area (Å²) in [5.74, 6) is 0. The third-order valence-corrected chi connectivity index (χ3v) is 4.01. The molecule has 0 fully saturated rings. The molecule has 1 heterocycles. The second kappa shape index (κ2) is 6.50. The number of halogens is 2. The largest absolute Gasteiger partial charge is 0.348 e. The predicted octanol–water partition coefficient (Wildman–Crippen LogP) is 3.83. The number of H-pyrrole nitrogens is 1. The zero-order valence-corrected chi connectivity index (χ0v) is 13.3. The Hall–Kier alpha value is -0.650. The lowest BCUT2D eigenvalue weighted by molar-refractivity contribution is 0.572. The molecule has 2 rings (SSSR count). The smallest absolute Gasteiger partial charge is 0.0921 e. The lowest BCUT2D eigenvalue weighted by Gasteiger charge is -2.15. The van der Waals surface area contributed by atoms with Gasteiger partial charge in [0.05, 0.1) is 6.33 Å². The summed E-state index contributed by atoms with van der Waals surface area (Å²) in [6.45, 7) is 3.09. The molecule has 0 saturated heterocycles. The van der Waals surface area contributed by atoms with Crippen LogP contribution in [0.5, 0.6) is 0 Å². The number of nitrogens with zero attached hydrogens (tertiary/aromatic N) is 1. The Kier molecular flexibility index (Phi) is 4.97. The zero-order valence-electron chi connectivity index (χ0n) is 10.1. The van der Waals surface area contributed by atoms with Crippen molar-refractivity contribution in [1.29, 1.82) is 0 Å². The van der Waals surface area contributed by atoms with Crippen LogP contribution in [0.3, 0.4) is 0 Å². The Balaban J connectivity index is 1.89. The van der Waals surface area contributed by atoms with E-state index in [1.165, 1.54) is 5.56 Å². The fourth-order valence-corrected chi connectivity index (χ4v) is 3.20. The molecule has 0 bridgehead atoms. The van der Waals surface area contributed by atoms with Gasteiger partial charge in [0, 0.05) is 39.8 Å². The molecular formula is C13H15Br2N3. The average Bonchev–Trinajstić information content (AvgIpc) is 2.81. The number of nitrogens with one attached hydrogen (secondary N) is 2. The minimum atomic E-state index is 0.315. The first-order chi connectivity index (χ1) is 8.66. The highest BCUT2D eigenvalue weighted by atomic mass is 79.9. The van der Waals surface area contributed by atoms with Crippen LogP contribution in [0, 0.1) is 0 Å². The summed E-state index contributed by atoms with van der Waals surface area (Å²) < 4.78 is 2.21. The first-order valence-electron chi connectivity index (χ1n) is 5.82. The molecule has 1 aromatic heterocycles. The van der Waals surface area contributed by atoms with Gasteiger partial charge in [0.1, 0.15) is 0 Å². The van der Waals surface area contributed by atoms with E-state index in [1.807, 2.05) is 6.20 Å². The standard InChI is InChI=1S/C13H15Br2N3/c1-9(12-3-2-10(14)6-13(12)15)17-5-4-11-7-16-8-18-11/h2-3,6-9,17H,4-5H2,1H3,(H,16,18). The van der Waals surface area contributed by atoms with Gasteiger partial charge in [-0.25, -0.2) is 4.98 Å². The number of benzene rings is 1. The van der Waals surface area contributed by atoms with Gasteiger partial charge in [0.15, 0.2) is 0 Å². The first-order valence-corrected chi connectivity index (χ1v) is 7.41. The van der Waals surface area contributed by atoms with Crippen molar-refractivity contribution in [3.8, 4) is 0 Å². The van der Waals surface area contributed by atoms with E-state index >= 15 is 0 Å². The summed E-state index contributed by atoms with van der Waals surface area (Å²) >= 11 is 7.05. The summed E-state index contributed by atoms with van der Waals surface area (Å²) in [6.07, 6.45) is 4.53. The second-order valence-corrected chi connectivity index (χ2v) is 5.94. The van der Waals surface area contributed by atoms with Crippen LogP contribution < -0.4 is 5.32 Å². The predicted molar refractivity (Wildman–Crippen MR) is 80.6 cm³/mol. The van der Waals surface area contributed by atoms with Gasteiger partial charge in [0.2, 0.25) is 0 Å². The van der Waals surface area contributed by atoms with Crippen LogP contribution in [0.15, 0.2) is 39.7 Å². The van der Waals surface area contributed by atoms with Gasteiger partial charge in [-0.1, -0.05) is 37.9 Å². The molecule has 0 amide bonds. The van der Waals surface area contributed by atoms with Crippen LogP contribution in [-0.2, 0) is 6.42 Å². The lowest BCUT2D eigenvalue weighted by Crippen LogP contribution is -2.21. The van der Waals surface area contributed by atoms with E-state index in [1.54, 1.807) is 6.33 Å². The molecule has 0 aliphatic heterocycles. The Morgan fingerprint density at radius 3 is 2.89 bits per heavy atom. The topological polar surface area (TPSA) is 40.7 Å². The third kappa shape index (κ3) is 3.67. The van der Waals surface area contributed by atoms with E-state index in [-0.39, 0.29) is 0 Å². The SMILES string of the molecule is CC(NCCc1cnc[nH]1)c1ccc(Br)cc1Br. The Morgan fingerprint density at radius 2 is 2.22 bits per heavy atom. The van der Waals surface area contributed by atoms with Crippen molar-refractivity contribution >= 4 is 31.9 Å². The highest BCUT2D eigenvalue weighted by Crippen LogP contribution is 2.26. The molecule has 2 aromatic rings. The van der Waals surface area contributed by atoms with Crippen molar-refractivity contribution in [2.45, 2.75) is 19.4 Å². The first kappa shape index (κ1) is 13.8. The zero-order chi connectivity index (χ0) is 13.0. The van der Waals surface area contributed by atoms with Gasteiger partial charge in [-0.3, -0.25) is 0 Å². The fraction of sp³-hybridized carbons (Fsp3) is 0.308. The second-order valence-electron chi connectivity index (χ2n) is 4.17. The molecule has 3 nitrogen and oxygen atoms in total. The molecule has 18 heavy (non-hydrogen) atoms. The van der Waals surface area contributed by atoms with Crippen molar-refractivity contribution in [2.24, 2.45) is 0 Å². The Bertz CT molecular complexity index is 497. The number of hydrogen-bond acceptors (Lipinski definition) is 2. The van der Waals surface area contributed by atoms with Gasteiger partial charge in [0.25, 0.3) is 0 Å². The van der Waals surface area contributed by atoms with Gasteiger partial charge < -0.3 is 10.3 Å². The molecule has 1 atom stereocenters. The van der Waals surface area contributed by atoms with Crippen LogP contribution in [0.1, 0.15) is 24.2 Å². The van der Waals surface area contributed by atoms with E-state index in [2.05, 4.69) is 72.3 Å². The van der Waals surface area contributed by atoms with Crippen molar-refractivity contribution in [3.63, 3.8) is 0 Å². The third-order valence-electron chi connectivity index (χ3n) is 2.83. The van der Waals surface area contributed by atoms with E-state index in [9.17, 15) is 0 Å². The monoisotopic (exact) mass is 371 g/mol. The summed E-state index contributed by atoms with van der Waals surface area (Å²) in [7, 11) is 0. The van der Waals surface area contributed by atoms with Crippen LogP contribution in [0.4, 0.5) is 0 Å². The molecule has 0 radical (unpaired) electrons. The highest BCUT2D eigenvalue weighted by molar-refractivity contribution is 9.11. The minimum absolute atomic E-state index is 0.315. The lowest BCUT2D eigenvalue weighted by atomic mass is 10.1. The number of rotatable bonds is 5.